The Hall–Kier alpha value is -1.41. The van der Waals surface area contributed by atoms with Crippen molar-refractivity contribution in [1.82, 2.24) is 9.55 Å². The number of benzene rings is 2. The van der Waals surface area contributed by atoms with Crippen LogP contribution in [0.15, 0.2) is 36.4 Å². The lowest BCUT2D eigenvalue weighted by Crippen LogP contribution is -1.98. The van der Waals surface area contributed by atoms with Gasteiger partial charge in [0.2, 0.25) is 0 Å². The number of methoxy groups -OCH3 is 1. The first kappa shape index (κ1) is 13.6. The van der Waals surface area contributed by atoms with E-state index in [1.165, 1.54) is 6.07 Å². The maximum Gasteiger partial charge on any atom is 0.182 e. The Bertz CT molecular complexity index is 856. The summed E-state index contributed by atoms with van der Waals surface area (Å²) >= 11 is 7.54. The predicted molar refractivity (Wildman–Crippen MR) is 87.7 cm³/mol. The molecule has 1 N–H and O–H groups in total. The zero-order chi connectivity index (χ0) is 14.3. The summed E-state index contributed by atoms with van der Waals surface area (Å²) in [5.41, 5.74) is 2.09. The second-order valence-corrected chi connectivity index (χ2v) is 5.88. The highest BCUT2D eigenvalue weighted by molar-refractivity contribution is 14.1. The number of fused-ring (bicyclic) bond motifs is 1. The number of nitrogens with zero attached hydrogens (tertiary/aromatic N) is 1. The first-order valence-corrected chi connectivity index (χ1v) is 7.33. The van der Waals surface area contributed by atoms with Gasteiger partial charge >= 0.3 is 0 Å². The monoisotopic (exact) mass is 400 g/mol. The maximum atomic E-state index is 14.1. The molecule has 0 radical (unpaired) electrons. The van der Waals surface area contributed by atoms with Crippen molar-refractivity contribution in [2.24, 2.45) is 0 Å². The Morgan fingerprint density at radius 1 is 1.25 bits per heavy atom. The van der Waals surface area contributed by atoms with E-state index in [0.717, 1.165) is 14.6 Å². The van der Waals surface area contributed by atoms with Crippen molar-refractivity contribution in [3.8, 4) is 11.4 Å². The molecule has 3 nitrogen and oxygen atoms in total. The summed E-state index contributed by atoms with van der Waals surface area (Å²) in [5, 5.41) is 0. The van der Waals surface area contributed by atoms with Crippen LogP contribution in [0.3, 0.4) is 0 Å². The van der Waals surface area contributed by atoms with Crippen LogP contribution in [0.4, 0.5) is 4.39 Å². The number of H-pyrrole nitrogens is 1. The molecule has 3 rings (SSSR count). The largest absolute Gasteiger partial charge is 0.497 e. The molecule has 0 bridgehead atoms. The third-order valence-electron chi connectivity index (χ3n) is 3.04. The Labute approximate surface area is 133 Å². The van der Waals surface area contributed by atoms with E-state index in [0.29, 0.717) is 16.2 Å². The second-order valence-electron chi connectivity index (χ2n) is 4.24. The number of aromatic nitrogens is 2. The highest BCUT2D eigenvalue weighted by Crippen LogP contribution is 2.26. The summed E-state index contributed by atoms with van der Waals surface area (Å²) in [6.45, 7) is 0. The molecule has 0 unspecified atom stereocenters. The van der Waals surface area contributed by atoms with Gasteiger partial charge in [0.15, 0.2) is 4.77 Å². The lowest BCUT2D eigenvalue weighted by atomic mass is 10.2. The lowest BCUT2D eigenvalue weighted by Gasteiger charge is -2.08. The average Bonchev–Trinajstić information content (AvgIpc) is 2.74. The molecule has 6 heteroatoms. The topological polar surface area (TPSA) is 29.9 Å². The Balaban J connectivity index is 2.34. The Morgan fingerprint density at radius 2 is 2.05 bits per heavy atom. The number of hydrogen-bond donors (Lipinski definition) is 1. The number of imidazole rings is 1. The molecule has 102 valence electrons. The molecule has 3 aromatic rings. The molecule has 0 atom stereocenters. The van der Waals surface area contributed by atoms with Gasteiger partial charge in [-0.25, -0.2) is 4.39 Å². The highest BCUT2D eigenvalue weighted by atomic mass is 127. The van der Waals surface area contributed by atoms with Gasteiger partial charge in [0.1, 0.15) is 11.6 Å². The predicted octanol–water partition coefficient (Wildman–Crippen LogP) is 4.44. The number of nitrogens with one attached hydrogen (secondary N) is 1. The molecule has 20 heavy (non-hydrogen) atoms. The molecular weight excluding hydrogens is 390 g/mol. The van der Waals surface area contributed by atoms with Crippen LogP contribution in [0.5, 0.6) is 5.75 Å². The molecule has 0 saturated carbocycles. The minimum atomic E-state index is -0.346. The molecular formula is C14H10FIN2OS. The maximum absolute atomic E-state index is 14.1. The molecule has 0 spiro atoms. The highest BCUT2D eigenvalue weighted by Gasteiger charge is 2.12. The third-order valence-corrected chi connectivity index (χ3v) is 3.99. The SMILES string of the molecule is COc1ccc(F)c(-n2c(=S)[nH]c3cc(I)ccc32)c1. The lowest BCUT2D eigenvalue weighted by molar-refractivity contribution is 0.413. The first-order valence-electron chi connectivity index (χ1n) is 5.84. The van der Waals surface area contributed by atoms with E-state index in [1.54, 1.807) is 23.8 Å². The average molecular weight is 400 g/mol. The zero-order valence-electron chi connectivity index (χ0n) is 10.5. The van der Waals surface area contributed by atoms with Gasteiger partial charge < -0.3 is 9.72 Å². The van der Waals surface area contributed by atoms with Crippen molar-refractivity contribution in [2.45, 2.75) is 0 Å². The quantitative estimate of drug-likeness (QED) is 0.509. The molecule has 1 aromatic heterocycles. The minimum Gasteiger partial charge on any atom is -0.497 e. The van der Waals surface area contributed by atoms with Crippen LogP contribution < -0.4 is 4.74 Å². The minimum absolute atomic E-state index is 0.346. The molecule has 1 heterocycles. The fourth-order valence-corrected chi connectivity index (χ4v) is 2.91. The zero-order valence-corrected chi connectivity index (χ0v) is 13.5. The molecule has 2 aromatic carbocycles. The molecule has 0 amide bonds. The van der Waals surface area contributed by atoms with E-state index in [9.17, 15) is 4.39 Å². The summed E-state index contributed by atoms with van der Waals surface area (Å²) in [6.07, 6.45) is 0. The van der Waals surface area contributed by atoms with E-state index in [1.807, 2.05) is 18.2 Å². The number of halogens is 2. The fraction of sp³-hybridized carbons (Fsp3) is 0.0714. The van der Waals surface area contributed by atoms with Crippen molar-refractivity contribution in [3.05, 3.63) is 50.6 Å². The first-order chi connectivity index (χ1) is 9.60. The smallest absolute Gasteiger partial charge is 0.182 e. The summed E-state index contributed by atoms with van der Waals surface area (Å²) < 4.78 is 22.5. The standard InChI is InChI=1S/C14H10FIN2OS/c1-19-9-3-4-10(15)13(7-9)18-12-5-2-8(16)6-11(12)17-14(18)20/h2-7H,1H3,(H,17,20). The Kier molecular flexibility index (Phi) is 3.51. The van der Waals surface area contributed by atoms with Crippen molar-refractivity contribution >= 4 is 45.8 Å². The Morgan fingerprint density at radius 3 is 2.80 bits per heavy atom. The van der Waals surface area contributed by atoms with Crippen molar-refractivity contribution in [1.29, 1.82) is 0 Å². The third kappa shape index (κ3) is 2.22. The number of hydrogen-bond acceptors (Lipinski definition) is 2. The van der Waals surface area contributed by atoms with Crippen LogP contribution in [0.1, 0.15) is 0 Å². The van der Waals surface area contributed by atoms with Gasteiger partial charge in [0.25, 0.3) is 0 Å². The summed E-state index contributed by atoms with van der Waals surface area (Å²) in [5.74, 6) is 0.240. The summed E-state index contributed by atoms with van der Waals surface area (Å²) in [7, 11) is 1.55. The number of aromatic amines is 1. The van der Waals surface area contributed by atoms with E-state index in [2.05, 4.69) is 27.6 Å². The van der Waals surface area contributed by atoms with Crippen LogP contribution in [0, 0.1) is 14.2 Å². The van der Waals surface area contributed by atoms with Crippen LogP contribution >= 0.6 is 34.8 Å². The van der Waals surface area contributed by atoms with E-state index in [4.69, 9.17) is 17.0 Å². The van der Waals surface area contributed by atoms with E-state index < -0.39 is 0 Å². The molecule has 0 aliphatic heterocycles. The molecule has 0 fully saturated rings. The van der Waals surface area contributed by atoms with Gasteiger partial charge in [-0.2, -0.15) is 0 Å². The van der Waals surface area contributed by atoms with Crippen LogP contribution in [-0.4, -0.2) is 16.7 Å². The van der Waals surface area contributed by atoms with Gasteiger partial charge in [-0.15, -0.1) is 0 Å². The summed E-state index contributed by atoms with van der Waals surface area (Å²) in [6, 6.07) is 10.4. The second kappa shape index (κ2) is 5.17. The van der Waals surface area contributed by atoms with Crippen LogP contribution in [0.25, 0.3) is 16.7 Å². The van der Waals surface area contributed by atoms with Crippen LogP contribution in [-0.2, 0) is 0 Å². The van der Waals surface area contributed by atoms with Gasteiger partial charge in [-0.05, 0) is 65.1 Å². The molecule has 0 aliphatic rings. The number of rotatable bonds is 2. The number of ether oxygens (including phenoxy) is 1. The van der Waals surface area contributed by atoms with Gasteiger partial charge in [0, 0.05) is 9.64 Å². The molecule has 0 aliphatic carbocycles. The van der Waals surface area contributed by atoms with E-state index >= 15 is 0 Å². The van der Waals surface area contributed by atoms with Gasteiger partial charge in [-0.3, -0.25) is 4.57 Å². The normalized spacial score (nSPS) is 10.9. The van der Waals surface area contributed by atoms with Crippen molar-refractivity contribution < 1.29 is 9.13 Å². The van der Waals surface area contributed by atoms with Crippen molar-refractivity contribution in [3.63, 3.8) is 0 Å². The van der Waals surface area contributed by atoms with E-state index in [-0.39, 0.29) is 5.82 Å². The molecule has 0 saturated heterocycles. The van der Waals surface area contributed by atoms with Crippen LogP contribution in [0.2, 0.25) is 0 Å². The van der Waals surface area contributed by atoms with Gasteiger partial charge in [0.05, 0.1) is 23.8 Å². The van der Waals surface area contributed by atoms with Crippen molar-refractivity contribution in [2.75, 3.05) is 7.11 Å². The summed E-state index contributed by atoms with van der Waals surface area (Å²) in [4.78, 5) is 3.10. The fourth-order valence-electron chi connectivity index (χ4n) is 2.11. The van der Waals surface area contributed by atoms with Gasteiger partial charge in [-0.1, -0.05) is 0 Å².